The molecule has 1 saturated carbocycles. The number of fused-ring (bicyclic) bond motifs is 1. The van der Waals surface area contributed by atoms with Crippen molar-refractivity contribution >= 4 is 11.8 Å². The number of nitrogens with zero attached hydrogens (tertiary/aromatic N) is 2. The molecule has 0 radical (unpaired) electrons. The van der Waals surface area contributed by atoms with E-state index in [0.29, 0.717) is 12.3 Å². The van der Waals surface area contributed by atoms with Gasteiger partial charge in [0, 0.05) is 29.0 Å². The molecule has 158 valence electrons. The maximum absolute atomic E-state index is 13.6. The van der Waals surface area contributed by atoms with E-state index >= 15 is 0 Å². The second kappa shape index (κ2) is 7.76. The van der Waals surface area contributed by atoms with Crippen LogP contribution in [0.4, 0.5) is 8.78 Å². The van der Waals surface area contributed by atoms with Crippen molar-refractivity contribution in [1.82, 2.24) is 10.2 Å². The first kappa shape index (κ1) is 19.7. The van der Waals surface area contributed by atoms with Gasteiger partial charge in [0.1, 0.15) is 30.1 Å². The number of aromatic nitrogens is 2. The lowest BCUT2D eigenvalue weighted by atomic mass is 9.68. The van der Waals surface area contributed by atoms with Gasteiger partial charge in [0.15, 0.2) is 0 Å². The van der Waals surface area contributed by atoms with Crippen molar-refractivity contribution < 1.29 is 13.6 Å². The number of aromatic amines is 1. The zero-order chi connectivity index (χ0) is 21.4. The van der Waals surface area contributed by atoms with Crippen molar-refractivity contribution in [3.8, 4) is 0 Å². The van der Waals surface area contributed by atoms with Gasteiger partial charge in [-0.1, -0.05) is 48.0 Å². The molecule has 0 saturated heterocycles. The normalized spacial score (nSPS) is 17.8. The molecule has 5 rings (SSSR count). The highest BCUT2D eigenvalue weighted by molar-refractivity contribution is 6.04. The first-order valence-electron chi connectivity index (χ1n) is 10.5. The summed E-state index contributed by atoms with van der Waals surface area (Å²) in [7, 11) is 1.56. The molecule has 2 aromatic carbocycles. The van der Waals surface area contributed by atoms with E-state index in [-0.39, 0.29) is 11.6 Å². The zero-order valence-electron chi connectivity index (χ0n) is 17.2. The van der Waals surface area contributed by atoms with Gasteiger partial charge in [0.25, 0.3) is 0 Å². The fourth-order valence-electron chi connectivity index (χ4n) is 4.61. The van der Waals surface area contributed by atoms with Gasteiger partial charge in [-0.05, 0) is 48.2 Å². The Labute approximate surface area is 179 Å². The van der Waals surface area contributed by atoms with Crippen LogP contribution in [-0.4, -0.2) is 23.0 Å². The van der Waals surface area contributed by atoms with E-state index in [4.69, 9.17) is 4.84 Å². The monoisotopic (exact) mass is 419 g/mol. The number of hydrogen-bond donors (Lipinski definition) is 1. The molecule has 1 fully saturated rings. The summed E-state index contributed by atoms with van der Waals surface area (Å²) in [6.07, 6.45) is 8.11. The summed E-state index contributed by atoms with van der Waals surface area (Å²) >= 11 is 0. The Morgan fingerprint density at radius 3 is 2.16 bits per heavy atom. The number of halogens is 2. The van der Waals surface area contributed by atoms with Crippen LogP contribution in [0.2, 0.25) is 0 Å². The van der Waals surface area contributed by atoms with Crippen LogP contribution in [0.5, 0.6) is 0 Å². The van der Waals surface area contributed by atoms with Crippen LogP contribution in [0.3, 0.4) is 0 Å². The molecule has 0 atom stereocenters. The summed E-state index contributed by atoms with van der Waals surface area (Å²) in [6.45, 7) is 0. The summed E-state index contributed by atoms with van der Waals surface area (Å²) in [5, 5.41) is 12.1. The minimum absolute atomic E-state index is 0.289. The van der Waals surface area contributed by atoms with Crippen LogP contribution in [-0.2, 0) is 16.7 Å². The first-order valence-corrected chi connectivity index (χ1v) is 10.5. The number of allylic oxidation sites excluding steroid dienone is 1. The molecular weight excluding hydrogens is 396 g/mol. The van der Waals surface area contributed by atoms with Crippen molar-refractivity contribution in [3.63, 3.8) is 0 Å². The Morgan fingerprint density at radius 1 is 1.03 bits per heavy atom. The number of H-pyrrole nitrogens is 1. The smallest absolute Gasteiger partial charge is 0.123 e. The number of hydrogen-bond acceptors (Lipinski definition) is 3. The van der Waals surface area contributed by atoms with Gasteiger partial charge in [-0.3, -0.25) is 5.10 Å². The summed E-state index contributed by atoms with van der Waals surface area (Å²) in [5.74, 6) is -0.215. The second-order valence-corrected chi connectivity index (χ2v) is 8.25. The Kier molecular flexibility index (Phi) is 4.93. The van der Waals surface area contributed by atoms with Crippen molar-refractivity contribution in [3.05, 3.63) is 94.3 Å². The van der Waals surface area contributed by atoms with Gasteiger partial charge in [0.2, 0.25) is 0 Å². The number of oxime groups is 1. The van der Waals surface area contributed by atoms with Gasteiger partial charge in [0.05, 0.1) is 0 Å². The second-order valence-electron chi connectivity index (χ2n) is 8.25. The minimum Gasteiger partial charge on any atom is -0.399 e. The third kappa shape index (κ3) is 3.36. The van der Waals surface area contributed by atoms with Crippen molar-refractivity contribution in [2.75, 3.05) is 7.11 Å². The zero-order valence-corrected chi connectivity index (χ0v) is 17.2. The third-order valence-electron chi connectivity index (χ3n) is 6.52. The standard InChI is InChI=1S/C25H23F2N3O/c1-31-30-23(16-3-2-4-16)24-21-13-14-25(15-22(21)28-29-24,17-5-9-19(26)10-6-17)18-7-11-20(27)12-8-18/h5-14,16H,2-4,15H2,1H3,(H,28,29). The first-order chi connectivity index (χ1) is 15.1. The molecule has 3 aromatic rings. The van der Waals surface area contributed by atoms with Crippen molar-refractivity contribution in [2.45, 2.75) is 31.1 Å². The van der Waals surface area contributed by atoms with Crippen LogP contribution in [0.25, 0.3) is 6.08 Å². The summed E-state index contributed by atoms with van der Waals surface area (Å²) < 4.78 is 27.3. The number of nitrogens with one attached hydrogen (secondary N) is 1. The fourth-order valence-corrected chi connectivity index (χ4v) is 4.61. The molecule has 1 heterocycles. The van der Waals surface area contributed by atoms with E-state index in [2.05, 4.69) is 21.4 Å². The molecule has 6 heteroatoms. The van der Waals surface area contributed by atoms with Crippen molar-refractivity contribution in [2.24, 2.45) is 11.1 Å². The number of rotatable bonds is 5. The molecule has 2 aliphatic carbocycles. The highest BCUT2D eigenvalue weighted by atomic mass is 19.1. The highest BCUT2D eigenvalue weighted by Crippen LogP contribution is 2.42. The largest absolute Gasteiger partial charge is 0.399 e. The molecule has 0 unspecified atom stereocenters. The molecule has 1 N–H and O–H groups in total. The van der Waals surface area contributed by atoms with Gasteiger partial charge < -0.3 is 4.84 Å². The van der Waals surface area contributed by atoms with Gasteiger partial charge in [-0.15, -0.1) is 0 Å². The van der Waals surface area contributed by atoms with E-state index in [1.165, 1.54) is 30.7 Å². The maximum atomic E-state index is 13.6. The Hall–Kier alpha value is -3.28. The fraction of sp³-hybridized carbons (Fsp3) is 0.280. The molecular formula is C25H23F2N3O. The topological polar surface area (TPSA) is 50.3 Å². The van der Waals surface area contributed by atoms with E-state index < -0.39 is 5.41 Å². The van der Waals surface area contributed by atoms with E-state index in [1.807, 2.05) is 6.08 Å². The summed E-state index contributed by atoms with van der Waals surface area (Å²) in [4.78, 5) is 5.12. The van der Waals surface area contributed by atoms with Crippen LogP contribution < -0.4 is 0 Å². The molecule has 0 aliphatic heterocycles. The van der Waals surface area contributed by atoms with Gasteiger partial charge in [-0.2, -0.15) is 5.10 Å². The minimum atomic E-state index is -0.562. The molecule has 31 heavy (non-hydrogen) atoms. The Bertz CT molecular complexity index is 1100. The average molecular weight is 419 g/mol. The average Bonchev–Trinajstić information content (AvgIpc) is 3.16. The Balaban J connectivity index is 1.61. The molecule has 2 aliphatic rings. The van der Waals surface area contributed by atoms with Crippen molar-refractivity contribution in [1.29, 1.82) is 0 Å². The maximum Gasteiger partial charge on any atom is 0.123 e. The lowest BCUT2D eigenvalue weighted by Gasteiger charge is -2.34. The highest BCUT2D eigenvalue weighted by Gasteiger charge is 2.38. The predicted octanol–water partition coefficient (Wildman–Crippen LogP) is 5.39. The van der Waals surface area contributed by atoms with Gasteiger partial charge in [-0.25, -0.2) is 8.78 Å². The molecule has 1 aromatic heterocycles. The van der Waals surface area contributed by atoms with Crippen LogP contribution in [0, 0.1) is 17.6 Å². The van der Waals surface area contributed by atoms with E-state index in [1.54, 1.807) is 31.4 Å². The molecule has 0 bridgehead atoms. The quantitative estimate of drug-likeness (QED) is 0.445. The van der Waals surface area contributed by atoms with Crippen LogP contribution in [0.15, 0.2) is 59.8 Å². The molecule has 0 amide bonds. The molecule has 4 nitrogen and oxygen atoms in total. The lowest BCUT2D eigenvalue weighted by molar-refractivity contribution is 0.208. The SMILES string of the molecule is CON=C(c1n[nH]c2c1C=CC(c1ccc(F)cc1)(c1ccc(F)cc1)C2)C1CCC1. The Morgan fingerprint density at radius 2 is 1.65 bits per heavy atom. The molecule has 0 spiro atoms. The lowest BCUT2D eigenvalue weighted by Crippen LogP contribution is -2.31. The van der Waals surface area contributed by atoms with Crippen LogP contribution in [0.1, 0.15) is 47.3 Å². The predicted molar refractivity (Wildman–Crippen MR) is 116 cm³/mol. The van der Waals surface area contributed by atoms with Gasteiger partial charge >= 0.3 is 0 Å². The van der Waals surface area contributed by atoms with E-state index in [9.17, 15) is 8.78 Å². The summed E-state index contributed by atoms with van der Waals surface area (Å²) in [6, 6.07) is 13.0. The van der Waals surface area contributed by atoms with E-state index in [0.717, 1.165) is 46.6 Å². The number of benzene rings is 2. The summed E-state index contributed by atoms with van der Waals surface area (Å²) in [5.41, 5.74) is 4.98. The van der Waals surface area contributed by atoms with Crippen LogP contribution >= 0.6 is 0 Å². The third-order valence-corrected chi connectivity index (χ3v) is 6.52.